The van der Waals surface area contributed by atoms with E-state index in [1.54, 1.807) is 24.0 Å². The maximum Gasteiger partial charge on any atom is 0.224 e. The molecule has 144 valence electrons. The predicted molar refractivity (Wildman–Crippen MR) is 117 cm³/mol. The van der Waals surface area contributed by atoms with E-state index in [0.717, 1.165) is 28.1 Å². The Morgan fingerprint density at radius 3 is 2.45 bits per heavy atom. The van der Waals surface area contributed by atoms with Crippen molar-refractivity contribution in [1.82, 2.24) is 4.98 Å². The lowest BCUT2D eigenvalue weighted by atomic mass is 9.99. The lowest BCUT2D eigenvalue weighted by molar-refractivity contribution is -0.116. The molecule has 1 aromatic heterocycles. The number of aromatic nitrogens is 1. The maximum atomic E-state index is 12.4. The van der Waals surface area contributed by atoms with Crippen molar-refractivity contribution in [2.45, 2.75) is 20.4 Å². The van der Waals surface area contributed by atoms with Crippen molar-refractivity contribution in [2.24, 2.45) is 0 Å². The summed E-state index contributed by atoms with van der Waals surface area (Å²) in [5, 5.41) is 0.571. The molecule has 0 saturated heterocycles. The highest BCUT2D eigenvalue weighted by Gasteiger charge is 2.20. The van der Waals surface area contributed by atoms with Crippen molar-refractivity contribution in [3.05, 3.63) is 82.0 Å². The van der Waals surface area contributed by atoms with Gasteiger partial charge in [0.1, 0.15) is 0 Å². The number of halogens is 1. The molecule has 0 N–H and O–H groups in total. The van der Waals surface area contributed by atoms with Gasteiger partial charge in [0.05, 0.1) is 23.6 Å². The van der Waals surface area contributed by atoms with E-state index in [1.807, 2.05) is 54.6 Å². The molecule has 3 aromatic rings. The molecule has 29 heavy (non-hydrogen) atoms. The van der Waals surface area contributed by atoms with Crippen LogP contribution in [0.5, 0.6) is 0 Å². The summed E-state index contributed by atoms with van der Waals surface area (Å²) < 4.78 is 0. The first-order chi connectivity index (χ1) is 13.9. The minimum absolute atomic E-state index is 0.0111. The third kappa shape index (κ3) is 3.71. The van der Waals surface area contributed by atoms with Crippen molar-refractivity contribution in [1.29, 1.82) is 0 Å². The number of anilines is 1. The molecule has 5 heteroatoms. The van der Waals surface area contributed by atoms with Crippen LogP contribution in [0.1, 0.15) is 41.0 Å². The molecular formula is C24H19ClN2O2. The molecular weight excluding hydrogens is 384 g/mol. The van der Waals surface area contributed by atoms with E-state index in [2.05, 4.69) is 0 Å². The van der Waals surface area contributed by atoms with Gasteiger partial charge in [-0.2, -0.15) is 0 Å². The Morgan fingerprint density at radius 2 is 1.69 bits per heavy atom. The highest BCUT2D eigenvalue weighted by Crippen LogP contribution is 2.32. The Balaban J connectivity index is 1.86. The Labute approximate surface area is 174 Å². The summed E-state index contributed by atoms with van der Waals surface area (Å²) >= 11 is 6.18. The van der Waals surface area contributed by atoms with Crippen LogP contribution in [0.15, 0.2) is 54.6 Å². The number of ketones is 1. The first-order valence-electron chi connectivity index (χ1n) is 9.30. The monoisotopic (exact) mass is 402 g/mol. The van der Waals surface area contributed by atoms with Gasteiger partial charge < -0.3 is 4.90 Å². The highest BCUT2D eigenvalue weighted by molar-refractivity contribution is 6.31. The minimum Gasteiger partial charge on any atom is -0.306 e. The zero-order valence-electron chi connectivity index (χ0n) is 16.1. The second kappa shape index (κ2) is 7.64. The van der Waals surface area contributed by atoms with E-state index in [4.69, 9.17) is 16.6 Å². The minimum atomic E-state index is -0.0916. The molecule has 0 unspecified atom stereocenters. The molecule has 0 aliphatic carbocycles. The summed E-state index contributed by atoms with van der Waals surface area (Å²) in [5.74, 6) is -0.103. The molecule has 0 atom stereocenters. The number of carbonyl (C=O) groups is 2. The molecule has 0 fully saturated rings. The van der Waals surface area contributed by atoms with Gasteiger partial charge in [-0.25, -0.2) is 0 Å². The van der Waals surface area contributed by atoms with Crippen LogP contribution in [0, 0.1) is 0 Å². The first kappa shape index (κ1) is 19.1. The van der Waals surface area contributed by atoms with Crippen LogP contribution >= 0.6 is 11.6 Å². The second-order valence-electron chi connectivity index (χ2n) is 6.98. The normalized spacial score (nSPS) is 13.7. The van der Waals surface area contributed by atoms with Gasteiger partial charge in [0.25, 0.3) is 0 Å². The highest BCUT2D eigenvalue weighted by atomic mass is 35.5. The van der Waals surface area contributed by atoms with Gasteiger partial charge >= 0.3 is 0 Å². The summed E-state index contributed by atoms with van der Waals surface area (Å²) in [6.07, 6.45) is 3.96. The van der Waals surface area contributed by atoms with E-state index in [9.17, 15) is 9.59 Å². The Kier molecular flexibility index (Phi) is 5.03. The Hall–Kier alpha value is -3.24. The van der Waals surface area contributed by atoms with E-state index in [-0.39, 0.29) is 11.7 Å². The number of amides is 1. The van der Waals surface area contributed by atoms with Crippen LogP contribution in [-0.2, 0) is 11.3 Å². The molecule has 1 amide bonds. The van der Waals surface area contributed by atoms with Crippen LogP contribution in [0.4, 0.5) is 5.69 Å². The fourth-order valence-corrected chi connectivity index (χ4v) is 3.71. The number of hydrogen-bond acceptors (Lipinski definition) is 3. The topological polar surface area (TPSA) is 50.3 Å². The van der Waals surface area contributed by atoms with Gasteiger partial charge in [-0.1, -0.05) is 60.2 Å². The lowest BCUT2D eigenvalue weighted by Gasteiger charge is -2.26. The first-order valence-corrected chi connectivity index (χ1v) is 9.68. The van der Waals surface area contributed by atoms with Crippen molar-refractivity contribution < 1.29 is 9.59 Å². The Bertz CT molecular complexity index is 1170. The van der Waals surface area contributed by atoms with Crippen LogP contribution in [0.2, 0.25) is 5.02 Å². The number of pyridine rings is 1. The van der Waals surface area contributed by atoms with Gasteiger partial charge in [-0.3, -0.25) is 14.6 Å². The molecule has 4 nitrogen and oxygen atoms in total. The van der Waals surface area contributed by atoms with Crippen molar-refractivity contribution in [3.63, 3.8) is 0 Å². The predicted octanol–water partition coefficient (Wildman–Crippen LogP) is 5.64. The number of carbonyl (C=O) groups excluding carboxylic acids is 2. The van der Waals surface area contributed by atoms with Crippen LogP contribution in [0.25, 0.3) is 23.4 Å². The summed E-state index contributed by atoms with van der Waals surface area (Å²) in [4.78, 5) is 31.0. The number of fused-ring (bicyclic) bond motifs is 2. The number of hydrogen-bond donors (Lipinski definition) is 0. The fraction of sp³-hybridized carbons (Fsp3) is 0.125. The number of Topliss-reactive ketones (excluding diaryl/α,β-unsaturated/α-hetero) is 1. The standard InChI is InChI=1S/C24H19ClN2O2/c1-15(28)20-5-3-4-6-21(20)22-12-10-17-7-8-18-9-11-19(25)13-24(18)27(16(2)29)14-23(17)26-22/h3-13H,14H2,1-2H3/b8-7-. The SMILES string of the molecule is CC(=O)c1ccccc1-c1ccc2c(n1)CN(C(C)=O)c1cc(Cl)ccc1/C=C\2. The van der Waals surface area contributed by atoms with E-state index < -0.39 is 0 Å². The second-order valence-corrected chi connectivity index (χ2v) is 7.41. The zero-order valence-corrected chi connectivity index (χ0v) is 16.9. The Morgan fingerprint density at radius 1 is 0.966 bits per heavy atom. The quantitative estimate of drug-likeness (QED) is 0.521. The van der Waals surface area contributed by atoms with Gasteiger partial charge in [-0.15, -0.1) is 0 Å². The summed E-state index contributed by atoms with van der Waals surface area (Å²) in [7, 11) is 0. The third-order valence-electron chi connectivity index (χ3n) is 5.01. The van der Waals surface area contributed by atoms with Crippen molar-refractivity contribution in [3.8, 4) is 11.3 Å². The average molecular weight is 403 g/mol. The molecule has 2 heterocycles. The van der Waals surface area contributed by atoms with Crippen LogP contribution < -0.4 is 4.90 Å². The zero-order chi connectivity index (χ0) is 20.5. The van der Waals surface area contributed by atoms with Crippen LogP contribution in [0.3, 0.4) is 0 Å². The lowest BCUT2D eigenvalue weighted by Crippen LogP contribution is -2.29. The average Bonchev–Trinajstić information content (AvgIpc) is 2.69. The molecule has 0 spiro atoms. The summed E-state index contributed by atoms with van der Waals surface area (Å²) in [6.45, 7) is 3.40. The van der Waals surface area contributed by atoms with Crippen LogP contribution in [-0.4, -0.2) is 16.7 Å². The number of nitrogens with zero attached hydrogens (tertiary/aromatic N) is 2. The molecule has 0 saturated carbocycles. The van der Waals surface area contributed by atoms with Gasteiger partial charge in [0, 0.05) is 23.1 Å². The number of rotatable bonds is 2. The maximum absolute atomic E-state index is 12.4. The van der Waals surface area contributed by atoms with Crippen molar-refractivity contribution in [2.75, 3.05) is 4.90 Å². The smallest absolute Gasteiger partial charge is 0.224 e. The largest absolute Gasteiger partial charge is 0.306 e. The molecule has 2 aromatic carbocycles. The summed E-state index contributed by atoms with van der Waals surface area (Å²) in [6, 6.07) is 16.8. The van der Waals surface area contributed by atoms with E-state index in [1.165, 1.54) is 6.92 Å². The third-order valence-corrected chi connectivity index (χ3v) is 5.24. The molecule has 1 aliphatic rings. The van der Waals surface area contributed by atoms with E-state index >= 15 is 0 Å². The van der Waals surface area contributed by atoms with Gasteiger partial charge in [0.2, 0.25) is 5.91 Å². The van der Waals surface area contributed by atoms with Crippen molar-refractivity contribution >= 4 is 41.1 Å². The van der Waals surface area contributed by atoms with Gasteiger partial charge in [0.15, 0.2) is 5.78 Å². The molecule has 1 aliphatic heterocycles. The summed E-state index contributed by atoms with van der Waals surface area (Å²) in [5.41, 5.74) is 5.48. The fourth-order valence-electron chi connectivity index (χ4n) is 3.54. The number of benzene rings is 2. The van der Waals surface area contributed by atoms with E-state index in [0.29, 0.717) is 22.8 Å². The van der Waals surface area contributed by atoms with Gasteiger partial charge in [-0.05, 0) is 36.2 Å². The molecule has 0 bridgehead atoms. The molecule has 0 radical (unpaired) electrons. The molecule has 4 rings (SSSR count).